The topological polar surface area (TPSA) is 105 Å². The maximum atomic E-state index is 12.5. The monoisotopic (exact) mass is 373 g/mol. The van der Waals surface area contributed by atoms with Crippen LogP contribution in [-0.4, -0.2) is 30.8 Å². The molecule has 0 atom stereocenters. The van der Waals surface area contributed by atoms with Crippen molar-refractivity contribution in [3.05, 3.63) is 68.4 Å². The zero-order valence-electron chi connectivity index (χ0n) is 13.7. The van der Waals surface area contributed by atoms with Crippen molar-refractivity contribution in [3.63, 3.8) is 0 Å². The minimum Gasteiger partial charge on any atom is -0.511 e. The van der Waals surface area contributed by atoms with Gasteiger partial charge in [-0.1, -0.05) is 23.7 Å². The summed E-state index contributed by atoms with van der Waals surface area (Å²) >= 11 is 5.88. The van der Waals surface area contributed by atoms with Crippen molar-refractivity contribution in [2.24, 2.45) is 0 Å². The van der Waals surface area contributed by atoms with E-state index in [2.05, 4.69) is 10.2 Å². The van der Waals surface area contributed by atoms with Crippen molar-refractivity contribution < 1.29 is 15.0 Å². The third-order valence-electron chi connectivity index (χ3n) is 4.07. The average molecular weight is 374 g/mol. The molecule has 1 aromatic carbocycles. The first-order valence-electron chi connectivity index (χ1n) is 7.99. The number of benzene rings is 1. The molecule has 3 rings (SSSR count). The molecule has 0 saturated heterocycles. The first-order chi connectivity index (χ1) is 12.5. The number of carboxylic acid groups (broad SMARTS) is 1. The predicted octanol–water partition coefficient (Wildman–Crippen LogP) is 1.78. The number of aromatic nitrogens is 3. The molecule has 0 radical (unpaired) electrons. The minimum atomic E-state index is -1.05. The summed E-state index contributed by atoms with van der Waals surface area (Å²) in [5, 5.41) is 27.3. The minimum absolute atomic E-state index is 0.000932. The van der Waals surface area contributed by atoms with E-state index in [1.807, 2.05) is 24.3 Å². The Morgan fingerprint density at radius 2 is 1.85 bits per heavy atom. The van der Waals surface area contributed by atoms with Crippen molar-refractivity contribution in [1.29, 1.82) is 0 Å². The maximum absolute atomic E-state index is 12.5. The van der Waals surface area contributed by atoms with Crippen molar-refractivity contribution in [3.8, 4) is 0 Å². The van der Waals surface area contributed by atoms with Crippen LogP contribution in [0.15, 0.2) is 41.5 Å². The van der Waals surface area contributed by atoms with Crippen LogP contribution in [-0.2, 0) is 17.6 Å². The number of hydrogen-bond donors (Lipinski definition) is 2. The molecule has 0 aliphatic carbocycles. The van der Waals surface area contributed by atoms with E-state index in [4.69, 9.17) is 16.7 Å². The van der Waals surface area contributed by atoms with Crippen LogP contribution < -0.4 is 10.6 Å². The molecular formula is C18H16ClN3O4. The van der Waals surface area contributed by atoms with Gasteiger partial charge in [-0.25, -0.2) is 0 Å². The summed E-state index contributed by atoms with van der Waals surface area (Å²) in [5.74, 6) is -1.35. The van der Waals surface area contributed by atoms with Crippen LogP contribution in [0.3, 0.4) is 0 Å². The molecule has 7 nitrogen and oxygen atoms in total. The number of aliphatic hydroxyl groups excluding tert-OH is 1. The second-order valence-electron chi connectivity index (χ2n) is 5.87. The molecular weight excluding hydrogens is 358 g/mol. The first kappa shape index (κ1) is 17.9. The van der Waals surface area contributed by atoms with Gasteiger partial charge in [0.25, 0.3) is 0 Å². The molecule has 0 amide bonds. The van der Waals surface area contributed by atoms with Crippen LogP contribution in [0.1, 0.15) is 24.1 Å². The molecule has 0 aliphatic rings. The Kier molecular flexibility index (Phi) is 5.18. The Bertz CT molecular complexity index is 1060. The molecule has 2 heterocycles. The number of aliphatic carboxylic acids is 1. The zero-order valence-corrected chi connectivity index (χ0v) is 14.5. The van der Waals surface area contributed by atoms with Gasteiger partial charge in [-0.05, 0) is 30.5 Å². The molecule has 0 fully saturated rings. The maximum Gasteiger partial charge on any atom is 0.303 e. The molecule has 0 spiro atoms. The molecule has 134 valence electrons. The van der Waals surface area contributed by atoms with Gasteiger partial charge in [0.15, 0.2) is 11.1 Å². The highest BCUT2D eigenvalue weighted by Gasteiger charge is 2.12. The highest BCUT2D eigenvalue weighted by molar-refractivity contribution is 6.30. The van der Waals surface area contributed by atoms with Crippen LogP contribution in [0.5, 0.6) is 0 Å². The molecule has 3 aromatic rings. The lowest BCUT2D eigenvalue weighted by Gasteiger charge is -2.06. The van der Waals surface area contributed by atoms with Gasteiger partial charge in [0.2, 0.25) is 0 Å². The highest BCUT2D eigenvalue weighted by atomic mass is 35.5. The number of aliphatic hydroxyl groups is 1. The van der Waals surface area contributed by atoms with E-state index in [0.29, 0.717) is 23.6 Å². The van der Waals surface area contributed by atoms with Gasteiger partial charge in [-0.2, -0.15) is 0 Å². The number of carboxylic acids is 1. The Hall–Kier alpha value is -2.93. The van der Waals surface area contributed by atoms with Crippen LogP contribution in [0.4, 0.5) is 0 Å². The van der Waals surface area contributed by atoms with E-state index in [1.165, 1.54) is 12.4 Å². The lowest BCUT2D eigenvalue weighted by Crippen LogP contribution is -2.30. The Morgan fingerprint density at radius 3 is 2.54 bits per heavy atom. The van der Waals surface area contributed by atoms with Gasteiger partial charge in [0.1, 0.15) is 17.3 Å². The summed E-state index contributed by atoms with van der Waals surface area (Å²) in [6.45, 7) is 0. The van der Waals surface area contributed by atoms with E-state index < -0.39 is 11.4 Å². The molecule has 26 heavy (non-hydrogen) atoms. The third kappa shape index (κ3) is 3.83. The number of hydrogen-bond acceptors (Lipinski definition) is 5. The Labute approximate surface area is 153 Å². The summed E-state index contributed by atoms with van der Waals surface area (Å²) in [6.07, 6.45) is 2.32. The Morgan fingerprint density at radius 1 is 1.12 bits per heavy atom. The van der Waals surface area contributed by atoms with Crippen LogP contribution in [0.2, 0.25) is 5.02 Å². The van der Waals surface area contributed by atoms with Gasteiger partial charge in [0.05, 0.1) is 6.42 Å². The predicted molar refractivity (Wildman–Crippen MR) is 96.2 cm³/mol. The summed E-state index contributed by atoms with van der Waals surface area (Å²) in [6, 6.07) is 8.89. The van der Waals surface area contributed by atoms with E-state index in [9.17, 15) is 14.7 Å². The fourth-order valence-electron chi connectivity index (χ4n) is 2.76. The fraction of sp³-hybridized carbons (Fsp3) is 0.222. The van der Waals surface area contributed by atoms with Gasteiger partial charge in [-0.15, -0.1) is 10.2 Å². The van der Waals surface area contributed by atoms with Crippen molar-refractivity contribution in [2.75, 3.05) is 0 Å². The largest absolute Gasteiger partial charge is 0.511 e. The Balaban J connectivity index is 1.96. The van der Waals surface area contributed by atoms with Crippen LogP contribution in [0, 0.1) is 0 Å². The standard InChI is InChI=1S/C18H16ClN3O4/c19-12-4-1-11(2-5-12)3-6-13-9-15(24)17(14(23)7-8-16(25)26)18-21-20-10-22(13)18/h1-2,4-5,9-10,23H,3,6-8H2,(H,25,26). The van der Waals surface area contributed by atoms with E-state index >= 15 is 0 Å². The summed E-state index contributed by atoms with van der Waals surface area (Å²) in [7, 11) is 0. The number of halogens is 1. The number of fused-ring (bicyclic) bond motifs is 1. The summed E-state index contributed by atoms with van der Waals surface area (Å²) in [5.41, 5.74) is 1.61. The SMILES string of the molecule is O=C(O)CCC(O)=c1c(=O)cc(CCc2ccc(Cl)cc2)n2cnnc12. The van der Waals surface area contributed by atoms with E-state index in [-0.39, 0.29) is 29.5 Å². The van der Waals surface area contributed by atoms with E-state index in [1.54, 1.807) is 4.40 Å². The van der Waals surface area contributed by atoms with Crippen molar-refractivity contribution in [2.45, 2.75) is 25.7 Å². The van der Waals surface area contributed by atoms with Crippen LogP contribution in [0.25, 0.3) is 11.4 Å². The molecule has 2 aromatic heterocycles. The number of aryl methyl sites for hydroxylation is 2. The molecule has 0 saturated carbocycles. The summed E-state index contributed by atoms with van der Waals surface area (Å²) in [4.78, 5) is 23.2. The third-order valence-corrected chi connectivity index (χ3v) is 4.32. The zero-order chi connectivity index (χ0) is 18.7. The first-order valence-corrected chi connectivity index (χ1v) is 8.37. The second kappa shape index (κ2) is 7.53. The van der Waals surface area contributed by atoms with Gasteiger partial charge >= 0.3 is 5.97 Å². The van der Waals surface area contributed by atoms with Crippen molar-refractivity contribution >= 4 is 29.0 Å². The summed E-state index contributed by atoms with van der Waals surface area (Å²) < 4.78 is 1.64. The van der Waals surface area contributed by atoms with E-state index in [0.717, 1.165) is 5.56 Å². The fourth-order valence-corrected chi connectivity index (χ4v) is 2.88. The van der Waals surface area contributed by atoms with Gasteiger partial charge in [0, 0.05) is 23.2 Å². The molecule has 2 N–H and O–H groups in total. The lowest BCUT2D eigenvalue weighted by molar-refractivity contribution is -0.136. The number of carbonyl (C=O) groups is 1. The highest BCUT2D eigenvalue weighted by Crippen LogP contribution is 2.12. The number of pyridine rings is 1. The molecule has 0 aliphatic heterocycles. The van der Waals surface area contributed by atoms with Gasteiger partial charge < -0.3 is 10.2 Å². The normalized spacial score (nSPS) is 12.3. The average Bonchev–Trinajstić information content (AvgIpc) is 3.08. The smallest absolute Gasteiger partial charge is 0.303 e. The molecule has 0 unspecified atom stereocenters. The number of rotatable bonds is 6. The molecule has 8 heteroatoms. The van der Waals surface area contributed by atoms with Crippen LogP contribution >= 0.6 is 11.6 Å². The second-order valence-corrected chi connectivity index (χ2v) is 6.30. The quantitative estimate of drug-likeness (QED) is 0.682. The van der Waals surface area contributed by atoms with Crippen molar-refractivity contribution in [1.82, 2.24) is 14.6 Å². The molecule has 0 bridgehead atoms. The number of nitrogens with zero attached hydrogens (tertiary/aromatic N) is 3. The lowest BCUT2D eigenvalue weighted by atomic mass is 10.1. The van der Waals surface area contributed by atoms with Gasteiger partial charge in [-0.3, -0.25) is 14.0 Å².